The van der Waals surface area contributed by atoms with Crippen LogP contribution in [0.3, 0.4) is 0 Å². The van der Waals surface area contributed by atoms with Crippen LogP contribution in [0, 0.1) is 22.8 Å². The molecule has 5 aromatic rings. The van der Waals surface area contributed by atoms with Crippen molar-refractivity contribution in [2.45, 2.75) is 107 Å². The largest absolute Gasteiger partial charge is 0.512 e. The average molecular weight is 860 g/mol. The van der Waals surface area contributed by atoms with Crippen LogP contribution in [0.5, 0.6) is 0 Å². The molecule has 1 aliphatic rings. The number of aliphatic hydroxyl groups excluding tert-OH is 1. The van der Waals surface area contributed by atoms with Crippen LogP contribution in [0.15, 0.2) is 84.9 Å². The van der Waals surface area contributed by atoms with Crippen LogP contribution in [0.1, 0.15) is 112 Å². The topological polar surface area (TPSA) is 63.1 Å². The van der Waals surface area contributed by atoms with Crippen molar-refractivity contribution in [3.63, 3.8) is 0 Å². The number of ketones is 1. The van der Waals surface area contributed by atoms with Gasteiger partial charge in [-0.25, -0.2) is 4.98 Å². The third kappa shape index (κ3) is 7.62. The van der Waals surface area contributed by atoms with Gasteiger partial charge in [-0.1, -0.05) is 135 Å². The third-order valence-electron chi connectivity index (χ3n) is 11.6. The van der Waals surface area contributed by atoms with E-state index in [-0.39, 0.29) is 47.9 Å². The van der Waals surface area contributed by atoms with Gasteiger partial charge in [0.25, 0.3) is 0 Å². The number of allylic oxidation sites excluding steroid dienone is 2. The molecule has 4 nitrogen and oxygen atoms in total. The third-order valence-corrected chi connectivity index (χ3v) is 11.6. The van der Waals surface area contributed by atoms with Crippen molar-refractivity contribution in [3.05, 3.63) is 108 Å². The molecule has 1 radical (unpaired) electrons. The van der Waals surface area contributed by atoms with Gasteiger partial charge in [0, 0.05) is 48.1 Å². The minimum Gasteiger partial charge on any atom is -0.512 e. The molecule has 0 unspecified atom stereocenters. The first kappa shape index (κ1) is 40.1. The van der Waals surface area contributed by atoms with Gasteiger partial charge in [0.2, 0.25) is 0 Å². The van der Waals surface area contributed by atoms with Gasteiger partial charge in [-0.3, -0.25) is 9.78 Å². The number of carbonyl (C=O) groups excluding carboxylic acids is 1. The Balaban J connectivity index is 0.000000279. The molecule has 5 heteroatoms. The number of benzene rings is 4. The van der Waals surface area contributed by atoms with Crippen molar-refractivity contribution in [2.75, 3.05) is 0 Å². The van der Waals surface area contributed by atoms with Gasteiger partial charge in [0.1, 0.15) is 12.1 Å². The van der Waals surface area contributed by atoms with Crippen molar-refractivity contribution in [3.8, 4) is 22.4 Å². The molecular weight excluding hydrogens is 805 g/mol. The normalized spacial score (nSPS) is 13.7. The van der Waals surface area contributed by atoms with Crippen molar-refractivity contribution >= 4 is 27.3 Å². The number of aromatic nitrogens is 2. The van der Waals surface area contributed by atoms with E-state index in [4.69, 9.17) is 9.97 Å². The summed E-state index contributed by atoms with van der Waals surface area (Å²) in [5.41, 5.74) is 7.46. The maximum absolute atomic E-state index is 12.2. The minimum atomic E-state index is -0.337. The van der Waals surface area contributed by atoms with Crippen molar-refractivity contribution in [2.24, 2.45) is 16.7 Å². The van der Waals surface area contributed by atoms with E-state index < -0.39 is 0 Å². The minimum absolute atomic E-state index is 0. The maximum atomic E-state index is 12.2. The Morgan fingerprint density at radius 2 is 1.47 bits per heavy atom. The van der Waals surface area contributed by atoms with Gasteiger partial charge in [-0.05, 0) is 65.5 Å². The Hall–Kier alpha value is -3.66. The second-order valence-corrected chi connectivity index (χ2v) is 15.6. The van der Waals surface area contributed by atoms with E-state index in [1.165, 1.54) is 38.9 Å². The number of rotatable bonds is 10. The number of fused-ring (bicyclic) bond motifs is 6. The van der Waals surface area contributed by atoms with Crippen LogP contribution in [0.2, 0.25) is 0 Å². The van der Waals surface area contributed by atoms with Gasteiger partial charge in [-0.2, -0.15) is 0 Å². The predicted octanol–water partition coefficient (Wildman–Crippen LogP) is 12.4. The Kier molecular flexibility index (Phi) is 12.5. The number of carbonyl (C=O) groups is 1. The molecule has 1 aromatic heterocycles. The first-order valence-electron chi connectivity index (χ1n) is 18.5. The summed E-state index contributed by atoms with van der Waals surface area (Å²) in [6.07, 6.45) is 7.52. The summed E-state index contributed by atoms with van der Waals surface area (Å²) in [5, 5.41) is 15.1. The Morgan fingerprint density at radius 3 is 2.10 bits per heavy atom. The monoisotopic (exact) mass is 860 g/mol. The molecule has 0 atom stereocenters. The number of nitrogens with zero attached hydrogens (tertiary/aromatic N) is 2. The van der Waals surface area contributed by atoms with Crippen LogP contribution in [-0.4, -0.2) is 20.9 Å². The van der Waals surface area contributed by atoms with Gasteiger partial charge in [0.05, 0.1) is 5.69 Å². The molecule has 0 amide bonds. The van der Waals surface area contributed by atoms with Crippen LogP contribution in [0.4, 0.5) is 0 Å². The second kappa shape index (κ2) is 15.9. The fourth-order valence-corrected chi connectivity index (χ4v) is 7.32. The van der Waals surface area contributed by atoms with E-state index in [0.717, 1.165) is 60.0 Å². The molecule has 4 aromatic carbocycles. The summed E-state index contributed by atoms with van der Waals surface area (Å²) in [7, 11) is 0. The zero-order valence-electron chi connectivity index (χ0n) is 32.2. The van der Waals surface area contributed by atoms with Gasteiger partial charge >= 0.3 is 0 Å². The summed E-state index contributed by atoms with van der Waals surface area (Å²) < 4.78 is 0. The van der Waals surface area contributed by atoms with E-state index in [0.29, 0.717) is 5.92 Å². The summed E-state index contributed by atoms with van der Waals surface area (Å²) in [4.78, 5) is 21.9. The first-order chi connectivity index (χ1) is 23.7. The van der Waals surface area contributed by atoms with E-state index in [1.807, 2.05) is 41.5 Å². The van der Waals surface area contributed by atoms with Crippen molar-refractivity contribution < 1.29 is 30.0 Å². The fourth-order valence-electron chi connectivity index (χ4n) is 7.32. The number of hydrogen-bond acceptors (Lipinski definition) is 4. The van der Waals surface area contributed by atoms with E-state index in [1.54, 1.807) is 6.33 Å². The predicted molar refractivity (Wildman–Crippen MR) is 211 cm³/mol. The molecule has 0 spiro atoms. The Labute approximate surface area is 319 Å². The van der Waals surface area contributed by atoms with E-state index in [2.05, 4.69) is 100 Å². The maximum Gasteiger partial charge on any atom is 0.164 e. The van der Waals surface area contributed by atoms with Gasteiger partial charge in [0.15, 0.2) is 5.78 Å². The molecule has 0 saturated heterocycles. The van der Waals surface area contributed by atoms with Crippen LogP contribution >= 0.6 is 0 Å². The molecule has 271 valence electrons. The zero-order chi connectivity index (χ0) is 36.4. The van der Waals surface area contributed by atoms with E-state index >= 15 is 0 Å². The molecule has 0 fully saturated rings. The molecule has 0 bridgehead atoms. The molecule has 1 heterocycles. The molecule has 0 saturated carbocycles. The molecule has 0 aliphatic heterocycles. The van der Waals surface area contributed by atoms with Crippen molar-refractivity contribution in [1.82, 2.24) is 9.97 Å². The van der Waals surface area contributed by atoms with Crippen LogP contribution in [-0.2, 0) is 36.7 Å². The van der Waals surface area contributed by atoms with Gasteiger partial charge in [-0.15, -0.1) is 29.1 Å². The average Bonchev–Trinajstić information content (AvgIpc) is 3.37. The number of hydrogen-bond donors (Lipinski definition) is 1. The standard InChI is InChI=1S/C31H27N2.C15H28O2.Ir/c1-19(2)15-22-17-23(16-21-10-6-7-11-24(21)22)29-27-26-14-13-20-9-5-8-12-25(20)28(26)31(3,4)30(27)33-18-32-29;1-7-14(5,8-2)12(16)11-13(17)15(6,9-3)10-4;/h5-14,17-19H,15H2,1-4H3;11,16H,7-10H2,1-6H3;/q-1;;/b;12-11-;. The first-order valence-corrected chi connectivity index (χ1v) is 18.5. The van der Waals surface area contributed by atoms with Crippen molar-refractivity contribution in [1.29, 1.82) is 0 Å². The summed E-state index contributed by atoms with van der Waals surface area (Å²) >= 11 is 0. The zero-order valence-corrected chi connectivity index (χ0v) is 34.6. The Bertz CT molecular complexity index is 2050. The summed E-state index contributed by atoms with van der Waals surface area (Å²) in [6, 6.07) is 27.7. The molecular formula is C46H55IrN2O2-. The summed E-state index contributed by atoms with van der Waals surface area (Å²) in [6.45, 7) is 21.2. The fraction of sp³-hybridized carbons (Fsp3) is 0.413. The Morgan fingerprint density at radius 1 is 0.863 bits per heavy atom. The smallest absolute Gasteiger partial charge is 0.164 e. The van der Waals surface area contributed by atoms with Crippen LogP contribution < -0.4 is 0 Å². The van der Waals surface area contributed by atoms with Gasteiger partial charge < -0.3 is 5.11 Å². The SMILES string of the molecule is CC(C)Cc1cc(-c2ncnc3c2-c2ccc4ccccc4c2C3(C)C)[c-]c2ccccc12.CCC(C)(CC)C(=O)/C=C(\O)C(C)(CC)CC.[Ir]. The molecule has 1 aliphatic carbocycles. The number of aliphatic hydroxyl groups is 1. The molecule has 1 N–H and O–H groups in total. The molecule has 51 heavy (non-hydrogen) atoms. The van der Waals surface area contributed by atoms with E-state index in [9.17, 15) is 9.90 Å². The quantitative estimate of drug-likeness (QED) is 0.0863. The molecule has 6 rings (SSSR count). The summed E-state index contributed by atoms with van der Waals surface area (Å²) in [5.74, 6) is 0.861. The second-order valence-electron chi connectivity index (χ2n) is 15.6. The van der Waals surface area contributed by atoms with Crippen LogP contribution in [0.25, 0.3) is 43.9 Å².